The maximum atomic E-state index is 5.35. The van der Waals surface area contributed by atoms with Crippen LogP contribution in [0.4, 0.5) is 0 Å². The van der Waals surface area contributed by atoms with Crippen molar-refractivity contribution in [3.05, 3.63) is 24.2 Å². The topological polar surface area (TPSA) is 40.8 Å². The Hall–Kier alpha value is -1.45. The molecule has 20 heavy (non-hydrogen) atoms. The van der Waals surface area contributed by atoms with Crippen LogP contribution in [0.5, 0.6) is 0 Å². The van der Waals surface area contributed by atoms with Gasteiger partial charge in [-0.1, -0.05) is 0 Å². The molecule has 2 aliphatic rings. The molecule has 0 amide bonds. The minimum absolute atomic E-state index is 0.792. The van der Waals surface area contributed by atoms with Gasteiger partial charge in [0.1, 0.15) is 5.76 Å². The van der Waals surface area contributed by atoms with Crippen LogP contribution in [0.15, 0.2) is 27.8 Å². The SMILES string of the molecule is CCNC(=NCCc1ccco1)N1CCC(C2CC2)C1. The Labute approximate surface area is 121 Å². The van der Waals surface area contributed by atoms with Crippen molar-refractivity contribution in [1.82, 2.24) is 10.2 Å². The van der Waals surface area contributed by atoms with Crippen molar-refractivity contribution in [3.8, 4) is 0 Å². The van der Waals surface area contributed by atoms with E-state index in [1.54, 1.807) is 6.26 Å². The Morgan fingerprint density at radius 1 is 1.40 bits per heavy atom. The van der Waals surface area contributed by atoms with Crippen molar-refractivity contribution in [2.45, 2.75) is 32.6 Å². The number of guanidine groups is 1. The Balaban J connectivity index is 1.54. The predicted octanol–water partition coefficient (Wildman–Crippen LogP) is 2.52. The summed E-state index contributed by atoms with van der Waals surface area (Å²) in [6.07, 6.45) is 6.84. The van der Waals surface area contributed by atoms with E-state index in [9.17, 15) is 0 Å². The smallest absolute Gasteiger partial charge is 0.193 e. The summed E-state index contributed by atoms with van der Waals surface area (Å²) in [5.41, 5.74) is 0. The first-order valence-corrected chi connectivity index (χ1v) is 7.92. The van der Waals surface area contributed by atoms with Gasteiger partial charge in [-0.3, -0.25) is 4.99 Å². The lowest BCUT2D eigenvalue weighted by Gasteiger charge is -2.21. The van der Waals surface area contributed by atoms with E-state index in [1.165, 1.54) is 25.8 Å². The molecule has 1 aliphatic heterocycles. The second-order valence-electron chi connectivity index (χ2n) is 5.90. The molecule has 1 unspecified atom stereocenters. The molecule has 2 fully saturated rings. The molecule has 1 aromatic rings. The fourth-order valence-corrected chi connectivity index (χ4v) is 3.08. The molecule has 0 aromatic carbocycles. The zero-order chi connectivity index (χ0) is 13.8. The first-order chi connectivity index (χ1) is 9.86. The van der Waals surface area contributed by atoms with Gasteiger partial charge in [-0.2, -0.15) is 0 Å². The van der Waals surface area contributed by atoms with Crippen molar-refractivity contribution in [3.63, 3.8) is 0 Å². The summed E-state index contributed by atoms with van der Waals surface area (Å²) in [7, 11) is 0. The highest BCUT2D eigenvalue weighted by Crippen LogP contribution is 2.41. The Kier molecular flexibility index (Phi) is 4.28. The molecule has 2 heterocycles. The lowest BCUT2D eigenvalue weighted by molar-refractivity contribution is 0.435. The summed E-state index contributed by atoms with van der Waals surface area (Å²) in [5.74, 6) is 4.01. The molecule has 4 heteroatoms. The van der Waals surface area contributed by atoms with Crippen LogP contribution >= 0.6 is 0 Å². The first-order valence-electron chi connectivity index (χ1n) is 7.92. The van der Waals surface area contributed by atoms with Crippen LogP contribution in [0.3, 0.4) is 0 Å². The minimum Gasteiger partial charge on any atom is -0.469 e. The summed E-state index contributed by atoms with van der Waals surface area (Å²) >= 11 is 0. The summed E-state index contributed by atoms with van der Waals surface area (Å²) in [6.45, 7) is 6.21. The Bertz CT molecular complexity index is 437. The van der Waals surface area contributed by atoms with Crippen LogP contribution in [0.1, 0.15) is 31.9 Å². The van der Waals surface area contributed by atoms with Crippen molar-refractivity contribution in [1.29, 1.82) is 0 Å². The molecule has 1 saturated heterocycles. The van der Waals surface area contributed by atoms with Crippen molar-refractivity contribution in [2.75, 3.05) is 26.2 Å². The largest absolute Gasteiger partial charge is 0.469 e. The normalized spacial score (nSPS) is 23.4. The lowest BCUT2D eigenvalue weighted by Crippen LogP contribution is -2.40. The van der Waals surface area contributed by atoms with Gasteiger partial charge in [-0.15, -0.1) is 0 Å². The average molecular weight is 275 g/mol. The van der Waals surface area contributed by atoms with E-state index in [0.29, 0.717) is 0 Å². The van der Waals surface area contributed by atoms with Crippen LogP contribution in [0.25, 0.3) is 0 Å². The number of likely N-dealkylation sites (tertiary alicyclic amines) is 1. The second kappa shape index (κ2) is 6.33. The molecule has 4 nitrogen and oxygen atoms in total. The van der Waals surface area contributed by atoms with Crippen molar-refractivity contribution < 1.29 is 4.42 Å². The van der Waals surface area contributed by atoms with Crippen LogP contribution < -0.4 is 5.32 Å². The van der Waals surface area contributed by atoms with Gasteiger partial charge >= 0.3 is 0 Å². The predicted molar refractivity (Wildman–Crippen MR) is 80.8 cm³/mol. The summed E-state index contributed by atoms with van der Waals surface area (Å²) in [5, 5.41) is 3.43. The zero-order valence-corrected chi connectivity index (χ0v) is 12.3. The van der Waals surface area contributed by atoms with Gasteiger partial charge in [-0.05, 0) is 50.2 Å². The molecule has 0 bridgehead atoms. The molecule has 1 aromatic heterocycles. The highest BCUT2D eigenvalue weighted by molar-refractivity contribution is 5.80. The van der Waals surface area contributed by atoms with E-state index >= 15 is 0 Å². The highest BCUT2D eigenvalue weighted by atomic mass is 16.3. The molecular formula is C16H25N3O. The minimum atomic E-state index is 0.792. The third kappa shape index (κ3) is 3.35. The molecule has 3 rings (SSSR count). The van der Waals surface area contributed by atoms with Crippen LogP contribution in [-0.4, -0.2) is 37.0 Å². The number of aliphatic imine (C=N–C) groups is 1. The molecule has 1 N–H and O–H groups in total. The highest BCUT2D eigenvalue weighted by Gasteiger charge is 2.36. The lowest BCUT2D eigenvalue weighted by atomic mass is 10.0. The standard InChI is InChI=1S/C16H25N3O/c1-2-17-16(18-9-7-15-4-3-11-20-15)19-10-8-14(12-19)13-5-6-13/h3-4,11,13-14H,2,5-10,12H2,1H3,(H,17,18). The maximum absolute atomic E-state index is 5.35. The van der Waals surface area contributed by atoms with Gasteiger partial charge in [0.15, 0.2) is 5.96 Å². The van der Waals surface area contributed by atoms with Crippen molar-refractivity contribution >= 4 is 5.96 Å². The van der Waals surface area contributed by atoms with Crippen LogP contribution in [-0.2, 0) is 6.42 Å². The number of nitrogens with zero attached hydrogens (tertiary/aromatic N) is 2. The van der Waals surface area contributed by atoms with Gasteiger partial charge in [0.2, 0.25) is 0 Å². The second-order valence-corrected chi connectivity index (χ2v) is 5.90. The Morgan fingerprint density at radius 3 is 3.00 bits per heavy atom. The number of furan rings is 1. The molecule has 0 spiro atoms. The van der Waals surface area contributed by atoms with Gasteiger partial charge in [0.05, 0.1) is 6.26 Å². The molecule has 1 saturated carbocycles. The van der Waals surface area contributed by atoms with Gasteiger partial charge < -0.3 is 14.6 Å². The van der Waals surface area contributed by atoms with Gasteiger partial charge in [-0.25, -0.2) is 0 Å². The van der Waals surface area contributed by atoms with Crippen molar-refractivity contribution in [2.24, 2.45) is 16.8 Å². The maximum Gasteiger partial charge on any atom is 0.193 e. The summed E-state index contributed by atoms with van der Waals surface area (Å²) in [6, 6.07) is 3.95. The molecule has 1 atom stereocenters. The average Bonchev–Trinajstić information content (AvgIpc) is 2.99. The fourth-order valence-electron chi connectivity index (χ4n) is 3.08. The molecule has 1 aliphatic carbocycles. The first kappa shape index (κ1) is 13.5. The number of hydrogen-bond donors (Lipinski definition) is 1. The van der Waals surface area contributed by atoms with E-state index in [-0.39, 0.29) is 0 Å². The van der Waals surface area contributed by atoms with Crippen LogP contribution in [0.2, 0.25) is 0 Å². The molecular weight excluding hydrogens is 250 g/mol. The van der Waals surface area contributed by atoms with Gasteiger partial charge in [0, 0.05) is 32.6 Å². The number of hydrogen-bond acceptors (Lipinski definition) is 2. The van der Waals surface area contributed by atoms with E-state index in [2.05, 4.69) is 17.1 Å². The van der Waals surface area contributed by atoms with Gasteiger partial charge in [0.25, 0.3) is 0 Å². The quantitative estimate of drug-likeness (QED) is 0.663. The zero-order valence-electron chi connectivity index (χ0n) is 12.3. The molecule has 0 radical (unpaired) electrons. The monoisotopic (exact) mass is 275 g/mol. The van der Waals surface area contributed by atoms with E-state index in [1.807, 2.05) is 12.1 Å². The Morgan fingerprint density at radius 2 is 2.30 bits per heavy atom. The third-order valence-corrected chi connectivity index (χ3v) is 4.35. The molecule has 110 valence electrons. The summed E-state index contributed by atoms with van der Waals surface area (Å²) in [4.78, 5) is 7.20. The fraction of sp³-hybridized carbons (Fsp3) is 0.688. The number of nitrogens with one attached hydrogen (secondary N) is 1. The van der Waals surface area contributed by atoms with E-state index < -0.39 is 0 Å². The van der Waals surface area contributed by atoms with E-state index in [4.69, 9.17) is 9.41 Å². The third-order valence-electron chi connectivity index (χ3n) is 4.35. The van der Waals surface area contributed by atoms with E-state index in [0.717, 1.165) is 49.6 Å². The number of rotatable bonds is 5. The van der Waals surface area contributed by atoms with Crippen LogP contribution in [0, 0.1) is 11.8 Å². The summed E-state index contributed by atoms with van der Waals surface area (Å²) < 4.78 is 5.35.